The van der Waals surface area contributed by atoms with Crippen LogP contribution in [0, 0.1) is 5.92 Å². The van der Waals surface area contributed by atoms with Crippen LogP contribution in [0.1, 0.15) is 37.8 Å². The summed E-state index contributed by atoms with van der Waals surface area (Å²) >= 11 is 0. The van der Waals surface area contributed by atoms with Crippen LogP contribution in [0.4, 0.5) is 0 Å². The van der Waals surface area contributed by atoms with E-state index < -0.39 is 6.04 Å². The van der Waals surface area contributed by atoms with Gasteiger partial charge in [0.25, 0.3) is 0 Å². The molecule has 2 heterocycles. The second kappa shape index (κ2) is 12.7. The highest BCUT2D eigenvalue weighted by Gasteiger charge is 2.26. The highest BCUT2D eigenvalue weighted by Crippen LogP contribution is 2.18. The fraction of sp³-hybridized carbons (Fsp3) is 0.667. The molecule has 1 aromatic carbocycles. The molecule has 3 atom stereocenters. The predicted molar refractivity (Wildman–Crippen MR) is 120 cm³/mol. The second-order valence-corrected chi connectivity index (χ2v) is 7.96. The van der Waals surface area contributed by atoms with Crippen molar-refractivity contribution >= 4 is 30.7 Å². The zero-order valence-electron chi connectivity index (χ0n) is 17.3. The minimum Gasteiger partial charge on any atom is -0.381 e. The van der Waals surface area contributed by atoms with Crippen molar-refractivity contribution in [1.29, 1.82) is 0 Å². The number of hydrogen-bond acceptors (Lipinski definition) is 5. The van der Waals surface area contributed by atoms with Crippen LogP contribution in [0.15, 0.2) is 24.3 Å². The summed E-state index contributed by atoms with van der Waals surface area (Å²) in [6.07, 6.45) is 2.29. The van der Waals surface area contributed by atoms with Crippen molar-refractivity contribution in [2.45, 2.75) is 58.0 Å². The van der Waals surface area contributed by atoms with Crippen LogP contribution < -0.4 is 11.1 Å². The lowest BCUT2D eigenvalue weighted by atomic mass is 9.92. The number of ether oxygens (including phenoxy) is 2. The van der Waals surface area contributed by atoms with Crippen molar-refractivity contribution in [3.8, 4) is 0 Å². The summed E-state index contributed by atoms with van der Waals surface area (Å²) in [4.78, 5) is 14.7. The molecule has 2 fully saturated rings. The van der Waals surface area contributed by atoms with Gasteiger partial charge in [-0.15, -0.1) is 24.8 Å². The van der Waals surface area contributed by atoms with Gasteiger partial charge >= 0.3 is 0 Å². The Kier molecular flexibility index (Phi) is 11.5. The molecule has 29 heavy (non-hydrogen) atoms. The lowest BCUT2D eigenvalue weighted by Gasteiger charge is -2.35. The molecule has 1 aromatic rings. The van der Waals surface area contributed by atoms with Crippen LogP contribution in [-0.2, 0) is 27.4 Å². The lowest BCUT2D eigenvalue weighted by Crippen LogP contribution is -2.46. The summed E-state index contributed by atoms with van der Waals surface area (Å²) in [5, 5.41) is 2.98. The van der Waals surface area contributed by atoms with Gasteiger partial charge in [0.05, 0.1) is 18.2 Å². The number of rotatable bonds is 6. The Morgan fingerprint density at radius 1 is 1.10 bits per heavy atom. The number of nitrogens with two attached hydrogens (primary N) is 1. The molecule has 8 heteroatoms. The molecule has 0 aliphatic carbocycles. The topological polar surface area (TPSA) is 76.8 Å². The quantitative estimate of drug-likeness (QED) is 0.700. The van der Waals surface area contributed by atoms with E-state index in [2.05, 4.69) is 48.3 Å². The van der Waals surface area contributed by atoms with E-state index >= 15 is 0 Å². The van der Waals surface area contributed by atoms with Gasteiger partial charge in [0.1, 0.15) is 0 Å². The highest BCUT2D eigenvalue weighted by atomic mass is 35.5. The second-order valence-electron chi connectivity index (χ2n) is 7.96. The summed E-state index contributed by atoms with van der Waals surface area (Å²) in [6.45, 7) is 9.03. The van der Waals surface area contributed by atoms with E-state index in [9.17, 15) is 4.79 Å². The first-order valence-electron chi connectivity index (χ1n) is 10.1. The Morgan fingerprint density at radius 2 is 1.66 bits per heavy atom. The van der Waals surface area contributed by atoms with Crippen LogP contribution in [0.5, 0.6) is 0 Å². The minimum absolute atomic E-state index is 0. The Morgan fingerprint density at radius 3 is 2.24 bits per heavy atom. The summed E-state index contributed by atoms with van der Waals surface area (Å²) in [6, 6.07) is 8.01. The summed E-state index contributed by atoms with van der Waals surface area (Å²) in [5.41, 5.74) is 8.50. The van der Waals surface area contributed by atoms with Crippen molar-refractivity contribution in [1.82, 2.24) is 10.2 Å². The Hall–Kier alpha value is -0.890. The van der Waals surface area contributed by atoms with E-state index in [0.717, 1.165) is 38.0 Å². The molecule has 3 rings (SSSR count). The molecule has 6 nitrogen and oxygen atoms in total. The number of amides is 1. The van der Waals surface area contributed by atoms with Crippen molar-refractivity contribution in [2.24, 2.45) is 11.7 Å². The van der Waals surface area contributed by atoms with Crippen LogP contribution in [0.25, 0.3) is 0 Å². The van der Waals surface area contributed by atoms with E-state index in [-0.39, 0.29) is 48.8 Å². The van der Waals surface area contributed by atoms with E-state index in [1.807, 2.05) is 0 Å². The minimum atomic E-state index is -0.446. The maximum absolute atomic E-state index is 12.3. The van der Waals surface area contributed by atoms with Gasteiger partial charge in [-0.3, -0.25) is 9.69 Å². The normalized spacial score (nSPS) is 24.1. The molecule has 2 saturated heterocycles. The molecule has 2 aliphatic heterocycles. The summed E-state index contributed by atoms with van der Waals surface area (Å²) in [5.74, 6) is 0.154. The van der Waals surface area contributed by atoms with Crippen LogP contribution in [0.2, 0.25) is 0 Å². The molecule has 166 valence electrons. The SMILES string of the molecule is CC1CN(Cc2ccc(CNC(=O)C(N)C3CCOCC3)cc2)CC(C)O1.Cl.Cl. The molecule has 0 radical (unpaired) electrons. The molecule has 3 unspecified atom stereocenters. The first-order chi connectivity index (χ1) is 13.0. The van der Waals surface area contributed by atoms with Gasteiger partial charge in [0, 0.05) is 39.4 Å². The first kappa shape index (κ1) is 26.1. The number of morpholine rings is 1. The van der Waals surface area contributed by atoms with Crippen molar-refractivity contribution < 1.29 is 14.3 Å². The van der Waals surface area contributed by atoms with E-state index in [0.29, 0.717) is 19.8 Å². The van der Waals surface area contributed by atoms with Gasteiger partial charge < -0.3 is 20.5 Å². The fourth-order valence-electron chi connectivity index (χ4n) is 4.03. The highest BCUT2D eigenvalue weighted by molar-refractivity contribution is 5.85. The molecular formula is C21H35Cl2N3O3. The molecule has 0 bridgehead atoms. The molecule has 3 N–H and O–H groups in total. The Balaban J connectivity index is 0.00000210. The number of carbonyl (C=O) groups is 1. The number of nitrogens with zero attached hydrogens (tertiary/aromatic N) is 1. The molecule has 0 spiro atoms. The average Bonchev–Trinajstić information content (AvgIpc) is 2.66. The molecular weight excluding hydrogens is 413 g/mol. The third-order valence-electron chi connectivity index (χ3n) is 5.47. The lowest BCUT2D eigenvalue weighted by molar-refractivity contribution is -0.124. The molecule has 1 amide bonds. The maximum Gasteiger partial charge on any atom is 0.237 e. The Bertz CT molecular complexity index is 602. The maximum atomic E-state index is 12.3. The molecule has 2 aliphatic rings. The zero-order chi connectivity index (χ0) is 19.2. The van der Waals surface area contributed by atoms with Gasteiger partial charge in [-0.1, -0.05) is 24.3 Å². The van der Waals surface area contributed by atoms with Gasteiger partial charge in [0.15, 0.2) is 0 Å². The zero-order valence-corrected chi connectivity index (χ0v) is 19.0. The van der Waals surface area contributed by atoms with Gasteiger partial charge in [-0.25, -0.2) is 0 Å². The van der Waals surface area contributed by atoms with Crippen LogP contribution in [-0.4, -0.2) is 55.4 Å². The van der Waals surface area contributed by atoms with Crippen molar-refractivity contribution in [3.05, 3.63) is 35.4 Å². The number of carbonyl (C=O) groups excluding carboxylic acids is 1. The average molecular weight is 448 g/mol. The monoisotopic (exact) mass is 447 g/mol. The fourth-order valence-corrected chi connectivity index (χ4v) is 4.03. The number of hydrogen-bond donors (Lipinski definition) is 2. The predicted octanol–water partition coefficient (Wildman–Crippen LogP) is 2.51. The van der Waals surface area contributed by atoms with Gasteiger partial charge in [0.2, 0.25) is 5.91 Å². The number of benzene rings is 1. The number of halogens is 2. The third kappa shape index (κ3) is 8.04. The summed E-state index contributed by atoms with van der Waals surface area (Å²) < 4.78 is 11.1. The standard InChI is InChI=1S/C21H33N3O3.2ClH/c1-15-12-24(13-16(2)27-15)14-18-5-3-17(4-6-18)11-23-21(25)20(22)19-7-9-26-10-8-19;;/h3-6,15-16,19-20H,7-14,22H2,1-2H3,(H,23,25);2*1H. The van der Waals surface area contributed by atoms with Crippen molar-refractivity contribution in [3.63, 3.8) is 0 Å². The van der Waals surface area contributed by atoms with Crippen LogP contribution in [0.3, 0.4) is 0 Å². The van der Waals surface area contributed by atoms with Crippen LogP contribution >= 0.6 is 24.8 Å². The third-order valence-corrected chi connectivity index (χ3v) is 5.47. The van der Waals surface area contributed by atoms with E-state index in [1.54, 1.807) is 0 Å². The largest absolute Gasteiger partial charge is 0.381 e. The molecule has 0 saturated carbocycles. The smallest absolute Gasteiger partial charge is 0.237 e. The van der Waals surface area contributed by atoms with E-state index in [1.165, 1.54) is 5.56 Å². The summed E-state index contributed by atoms with van der Waals surface area (Å²) in [7, 11) is 0. The van der Waals surface area contributed by atoms with E-state index in [4.69, 9.17) is 15.2 Å². The number of nitrogens with one attached hydrogen (secondary N) is 1. The first-order valence-corrected chi connectivity index (χ1v) is 10.1. The Labute approximate surface area is 186 Å². The van der Waals surface area contributed by atoms with Crippen molar-refractivity contribution in [2.75, 3.05) is 26.3 Å². The van der Waals surface area contributed by atoms with Gasteiger partial charge in [-0.05, 0) is 43.7 Å². The van der Waals surface area contributed by atoms with Gasteiger partial charge in [-0.2, -0.15) is 0 Å². The molecule has 0 aromatic heterocycles.